The van der Waals surface area contributed by atoms with Crippen LogP contribution in [-0.2, 0) is 9.59 Å². The summed E-state index contributed by atoms with van der Waals surface area (Å²) in [6.07, 6.45) is 3.13. The number of hydrogen-bond acceptors (Lipinski definition) is 4. The van der Waals surface area contributed by atoms with Crippen LogP contribution in [0, 0.1) is 40.4 Å². The predicted molar refractivity (Wildman–Crippen MR) is 93.7 cm³/mol. The summed E-state index contributed by atoms with van der Waals surface area (Å²) in [5, 5.41) is 20.4. The van der Waals surface area contributed by atoms with E-state index in [4.69, 9.17) is 0 Å². The highest BCUT2D eigenvalue weighted by atomic mass is 19.1. The summed E-state index contributed by atoms with van der Waals surface area (Å²) in [5.41, 5.74) is -0.447. The molecular formula is C21H31FO4. The maximum absolute atomic E-state index is 13.3. The molecule has 0 radical (unpaired) electrons. The second-order valence-electron chi connectivity index (χ2n) is 9.96. The molecule has 0 amide bonds. The van der Waals surface area contributed by atoms with Gasteiger partial charge in [-0.1, -0.05) is 13.8 Å². The first kappa shape index (κ1) is 18.5. The van der Waals surface area contributed by atoms with Crippen molar-refractivity contribution in [3.63, 3.8) is 0 Å². The minimum Gasteiger partial charge on any atom is -0.393 e. The van der Waals surface area contributed by atoms with Crippen molar-refractivity contribution in [1.82, 2.24) is 0 Å². The number of alkyl halides is 1. The first-order valence-electron chi connectivity index (χ1n) is 10.2. The van der Waals surface area contributed by atoms with Crippen molar-refractivity contribution in [2.24, 2.45) is 40.4 Å². The Morgan fingerprint density at radius 1 is 1.19 bits per heavy atom. The average molecular weight is 366 g/mol. The lowest BCUT2D eigenvalue weighted by atomic mass is 9.44. The van der Waals surface area contributed by atoms with Crippen LogP contribution in [0.4, 0.5) is 4.39 Å². The quantitative estimate of drug-likeness (QED) is 0.788. The molecule has 146 valence electrons. The number of ketones is 2. The molecule has 4 rings (SSSR count). The van der Waals surface area contributed by atoms with Gasteiger partial charge >= 0.3 is 0 Å². The van der Waals surface area contributed by atoms with E-state index in [-0.39, 0.29) is 11.3 Å². The highest BCUT2D eigenvalue weighted by molar-refractivity contribution is 5.85. The fourth-order valence-corrected chi connectivity index (χ4v) is 7.80. The normalized spacial score (nSPS) is 52.0. The summed E-state index contributed by atoms with van der Waals surface area (Å²) >= 11 is 0. The number of halogens is 1. The summed E-state index contributed by atoms with van der Waals surface area (Å²) in [4.78, 5) is 24.2. The number of carbonyl (C=O) groups is 2. The Labute approximate surface area is 154 Å². The van der Waals surface area contributed by atoms with E-state index in [1.165, 1.54) is 0 Å². The van der Waals surface area contributed by atoms with Gasteiger partial charge in [0.15, 0.2) is 5.78 Å². The van der Waals surface area contributed by atoms with Gasteiger partial charge in [0.1, 0.15) is 5.78 Å². The lowest BCUT2D eigenvalue weighted by molar-refractivity contribution is -0.177. The molecule has 0 spiro atoms. The van der Waals surface area contributed by atoms with Crippen molar-refractivity contribution < 1.29 is 24.2 Å². The number of aliphatic hydroxyl groups is 2. The number of Topliss-reactive ketones (excluding diaryl/α,β-unsaturated/α-hetero) is 2. The molecule has 0 saturated heterocycles. The maximum atomic E-state index is 13.3. The van der Waals surface area contributed by atoms with Gasteiger partial charge in [0.05, 0.1) is 6.10 Å². The highest BCUT2D eigenvalue weighted by Gasteiger charge is 2.64. The zero-order chi connectivity index (χ0) is 18.9. The lowest BCUT2D eigenvalue weighted by Gasteiger charge is -2.61. The molecule has 2 N–H and O–H groups in total. The summed E-state index contributed by atoms with van der Waals surface area (Å²) < 4.78 is 13.3. The van der Waals surface area contributed by atoms with Gasteiger partial charge in [0, 0.05) is 18.8 Å². The van der Waals surface area contributed by atoms with Crippen molar-refractivity contribution in [2.75, 3.05) is 0 Å². The molecule has 4 aliphatic rings. The third kappa shape index (κ3) is 2.46. The minimum atomic E-state index is -2.41. The van der Waals surface area contributed by atoms with E-state index in [0.29, 0.717) is 49.2 Å². The largest absolute Gasteiger partial charge is 0.393 e. The van der Waals surface area contributed by atoms with E-state index < -0.39 is 29.6 Å². The molecule has 4 nitrogen and oxygen atoms in total. The van der Waals surface area contributed by atoms with Gasteiger partial charge in [-0.3, -0.25) is 9.59 Å². The molecule has 0 bridgehead atoms. The van der Waals surface area contributed by atoms with E-state index >= 15 is 0 Å². The third-order valence-electron chi connectivity index (χ3n) is 8.99. The Morgan fingerprint density at radius 3 is 2.62 bits per heavy atom. The SMILES string of the molecule is C[C@]12CCC(=O)C[C@@H]1CC[C@@H]1[C@@H]2[C@H](O)C[C@]2(C)[C@@H](C(=O)C(O)F)CC[C@@H]12. The van der Waals surface area contributed by atoms with E-state index in [2.05, 4.69) is 6.92 Å². The minimum absolute atomic E-state index is 0.0146. The van der Waals surface area contributed by atoms with Crippen LogP contribution in [0.2, 0.25) is 0 Å². The number of aliphatic hydroxyl groups excluding tert-OH is 2. The number of carbonyl (C=O) groups excluding carboxylic acids is 2. The third-order valence-corrected chi connectivity index (χ3v) is 8.99. The van der Waals surface area contributed by atoms with Crippen LogP contribution in [0.15, 0.2) is 0 Å². The summed E-state index contributed by atoms with van der Waals surface area (Å²) in [6, 6.07) is 0. The molecule has 26 heavy (non-hydrogen) atoms. The molecule has 0 aromatic heterocycles. The van der Waals surface area contributed by atoms with Crippen LogP contribution < -0.4 is 0 Å². The monoisotopic (exact) mass is 366 g/mol. The highest BCUT2D eigenvalue weighted by Crippen LogP contribution is 2.67. The van der Waals surface area contributed by atoms with Crippen molar-refractivity contribution in [3.8, 4) is 0 Å². The van der Waals surface area contributed by atoms with E-state index in [0.717, 1.165) is 25.7 Å². The first-order chi connectivity index (χ1) is 12.2. The summed E-state index contributed by atoms with van der Waals surface area (Å²) in [7, 11) is 0. The number of rotatable bonds is 2. The zero-order valence-electron chi connectivity index (χ0n) is 15.8. The fourth-order valence-electron chi connectivity index (χ4n) is 7.80. The molecule has 0 aromatic rings. The van der Waals surface area contributed by atoms with Crippen LogP contribution in [-0.4, -0.2) is 34.2 Å². The molecule has 9 atom stereocenters. The Bertz CT molecular complexity index is 619. The molecule has 4 fully saturated rings. The molecule has 0 heterocycles. The molecule has 0 aromatic carbocycles. The smallest absolute Gasteiger partial charge is 0.256 e. The molecule has 4 aliphatic carbocycles. The van der Waals surface area contributed by atoms with Crippen LogP contribution in [0.1, 0.15) is 65.2 Å². The van der Waals surface area contributed by atoms with E-state index in [1.807, 2.05) is 6.92 Å². The molecule has 5 heteroatoms. The van der Waals surface area contributed by atoms with E-state index in [9.17, 15) is 24.2 Å². The predicted octanol–water partition coefficient (Wildman–Crippen LogP) is 3.04. The van der Waals surface area contributed by atoms with Crippen LogP contribution in [0.3, 0.4) is 0 Å². The van der Waals surface area contributed by atoms with Crippen molar-refractivity contribution in [1.29, 1.82) is 0 Å². The van der Waals surface area contributed by atoms with Crippen LogP contribution in [0.25, 0.3) is 0 Å². The number of fused-ring (bicyclic) bond motifs is 5. The van der Waals surface area contributed by atoms with Crippen molar-refractivity contribution in [2.45, 2.75) is 77.7 Å². The Kier molecular flexibility index (Phi) is 4.35. The van der Waals surface area contributed by atoms with Gasteiger partial charge in [-0.15, -0.1) is 0 Å². The zero-order valence-corrected chi connectivity index (χ0v) is 15.8. The summed E-state index contributed by atoms with van der Waals surface area (Å²) in [6.45, 7) is 4.28. The van der Waals surface area contributed by atoms with Gasteiger partial charge < -0.3 is 10.2 Å². The van der Waals surface area contributed by atoms with Crippen molar-refractivity contribution in [3.05, 3.63) is 0 Å². The van der Waals surface area contributed by atoms with Gasteiger partial charge in [0.25, 0.3) is 6.36 Å². The van der Waals surface area contributed by atoms with Crippen molar-refractivity contribution >= 4 is 11.6 Å². The Morgan fingerprint density at radius 2 is 1.92 bits per heavy atom. The van der Waals surface area contributed by atoms with Gasteiger partial charge in [0.2, 0.25) is 0 Å². The first-order valence-corrected chi connectivity index (χ1v) is 10.2. The second-order valence-corrected chi connectivity index (χ2v) is 9.96. The topological polar surface area (TPSA) is 74.6 Å². The molecular weight excluding hydrogens is 335 g/mol. The second kappa shape index (κ2) is 6.10. The molecule has 1 unspecified atom stereocenters. The number of hydrogen-bond donors (Lipinski definition) is 2. The molecule has 4 saturated carbocycles. The molecule has 0 aliphatic heterocycles. The maximum Gasteiger partial charge on any atom is 0.256 e. The van der Waals surface area contributed by atoms with Gasteiger partial charge in [-0.2, -0.15) is 0 Å². The van der Waals surface area contributed by atoms with Gasteiger partial charge in [-0.05, 0) is 73.0 Å². The van der Waals surface area contributed by atoms with E-state index in [1.54, 1.807) is 0 Å². The van der Waals surface area contributed by atoms with Crippen LogP contribution >= 0.6 is 0 Å². The Hall–Kier alpha value is -0.810. The Balaban J connectivity index is 1.65. The van der Waals surface area contributed by atoms with Gasteiger partial charge in [-0.25, -0.2) is 4.39 Å². The average Bonchev–Trinajstić information content (AvgIpc) is 2.90. The summed E-state index contributed by atoms with van der Waals surface area (Å²) in [5.74, 6) is 0.286. The lowest BCUT2D eigenvalue weighted by Crippen LogP contribution is -2.59. The van der Waals surface area contributed by atoms with Crippen LogP contribution in [0.5, 0.6) is 0 Å². The fraction of sp³-hybridized carbons (Fsp3) is 0.905. The standard InChI is InChI=1S/C21H31FO4/c1-20-8-7-12(23)9-11(20)3-4-13-14-5-6-15(18(25)19(22)26)21(14,2)10-16(24)17(13)20/h11,13-17,19,24,26H,3-10H2,1-2H3/t11-,13-,14-,15+,16+,17+,19?,20-,21-/m0/s1.